The lowest BCUT2D eigenvalue weighted by molar-refractivity contribution is -0.150. The van der Waals surface area contributed by atoms with Gasteiger partial charge in [0.2, 0.25) is 6.41 Å². The number of hydrogen-bond donors (Lipinski definition) is 3. The van der Waals surface area contributed by atoms with Gasteiger partial charge in [-0.05, 0) is 28.7 Å². The van der Waals surface area contributed by atoms with Crippen LogP contribution in [-0.2, 0) is 24.0 Å². The number of nitrogens with one attached hydrogen (secondary N) is 2. The minimum absolute atomic E-state index is 0.0506. The SMILES string of the molecule is O=CNc1nc(/C(=N\OC2CSC2)C(=O)NC2C(=O)N3C(C(=O)O)=C(CS/C=C\c4cccnc4)CS[C@H]23)cs1. The number of carbonyl (C=O) groups is 4. The summed E-state index contributed by atoms with van der Waals surface area (Å²) in [5.41, 5.74) is 1.55. The summed E-state index contributed by atoms with van der Waals surface area (Å²) in [5.74, 6) is -0.120. The van der Waals surface area contributed by atoms with Crippen molar-refractivity contribution < 1.29 is 29.1 Å². The Kier molecular flexibility index (Phi) is 9.08. The molecule has 2 aromatic rings. The molecule has 3 aliphatic heterocycles. The summed E-state index contributed by atoms with van der Waals surface area (Å²) < 4.78 is 0. The van der Waals surface area contributed by atoms with E-state index < -0.39 is 29.2 Å². The van der Waals surface area contributed by atoms with Gasteiger partial charge in [0.15, 0.2) is 10.8 Å². The van der Waals surface area contributed by atoms with Gasteiger partial charge >= 0.3 is 5.97 Å². The number of oxime groups is 1. The van der Waals surface area contributed by atoms with Gasteiger partial charge in [-0.1, -0.05) is 11.2 Å². The van der Waals surface area contributed by atoms with Crippen LogP contribution >= 0.6 is 46.6 Å². The number of aromatic nitrogens is 2. The Morgan fingerprint density at radius 2 is 2.20 bits per heavy atom. The quantitative estimate of drug-likeness (QED) is 0.138. The normalized spacial score (nSPS) is 20.9. The maximum atomic E-state index is 13.2. The van der Waals surface area contributed by atoms with Crippen LogP contribution in [0.1, 0.15) is 11.3 Å². The highest BCUT2D eigenvalue weighted by Crippen LogP contribution is 2.41. The van der Waals surface area contributed by atoms with E-state index in [0.717, 1.165) is 28.4 Å². The first kappa shape index (κ1) is 28.2. The zero-order valence-corrected chi connectivity index (χ0v) is 23.9. The van der Waals surface area contributed by atoms with Gasteiger partial charge in [0.1, 0.15) is 28.9 Å². The standard InChI is InChI=1S/C24H22N6O6S4/c31-12-26-24-27-16(11-40-24)17(29-36-15-9-38-10-15)20(32)28-18-21(33)30-19(23(34)35)14(8-39-22(18)30)7-37-5-3-13-2-1-4-25-6-13/h1-6,11-12,15,18,22H,7-10H2,(H,28,32)(H,34,35)(H,26,27,31)/b5-3-,29-17+/t18?,22-/m1/s1. The second-order valence-corrected chi connectivity index (χ2v) is 12.5. The molecule has 5 heterocycles. The summed E-state index contributed by atoms with van der Waals surface area (Å²) in [6.45, 7) is 0. The van der Waals surface area contributed by atoms with Crippen LogP contribution in [-0.4, -0.2) is 90.4 Å². The summed E-state index contributed by atoms with van der Waals surface area (Å²) in [5, 5.41) is 22.2. The number of carboxylic acid groups (broad SMARTS) is 1. The molecular weight excluding hydrogens is 597 g/mol. The second-order valence-electron chi connectivity index (χ2n) is 8.52. The van der Waals surface area contributed by atoms with E-state index in [1.54, 1.807) is 29.5 Å². The molecule has 2 aromatic heterocycles. The number of thiazole rings is 1. The minimum Gasteiger partial charge on any atom is -0.477 e. The number of fused-ring (bicyclic) bond motifs is 1. The second kappa shape index (κ2) is 12.9. The first-order chi connectivity index (χ1) is 19.5. The van der Waals surface area contributed by atoms with Crippen molar-refractivity contribution in [2.75, 3.05) is 28.3 Å². The highest BCUT2D eigenvalue weighted by molar-refractivity contribution is 8.02. The number of thioether (sulfide) groups is 3. The molecule has 16 heteroatoms. The first-order valence-electron chi connectivity index (χ1n) is 11.8. The number of hydrogen-bond acceptors (Lipinski definition) is 12. The monoisotopic (exact) mass is 618 g/mol. The van der Waals surface area contributed by atoms with E-state index in [-0.39, 0.29) is 28.3 Å². The van der Waals surface area contributed by atoms with Crippen LogP contribution in [0.3, 0.4) is 0 Å². The fourth-order valence-electron chi connectivity index (χ4n) is 3.86. The van der Waals surface area contributed by atoms with Gasteiger partial charge in [0.05, 0.1) is 0 Å². The lowest BCUT2D eigenvalue weighted by atomic mass is 10.0. The van der Waals surface area contributed by atoms with Crippen molar-refractivity contribution in [3.05, 3.63) is 57.8 Å². The van der Waals surface area contributed by atoms with Crippen molar-refractivity contribution in [3.63, 3.8) is 0 Å². The third-order valence-corrected chi connectivity index (χ3v) is 10.1. The van der Waals surface area contributed by atoms with Crippen LogP contribution < -0.4 is 10.6 Å². The molecule has 0 bridgehead atoms. The zero-order chi connectivity index (χ0) is 28.1. The maximum Gasteiger partial charge on any atom is 0.352 e. The summed E-state index contributed by atoms with van der Waals surface area (Å²) in [6.07, 6.45) is 5.62. The van der Waals surface area contributed by atoms with Crippen LogP contribution in [0.2, 0.25) is 0 Å². The molecule has 0 aromatic carbocycles. The summed E-state index contributed by atoms with van der Waals surface area (Å²) in [4.78, 5) is 64.2. The van der Waals surface area contributed by atoms with Gasteiger partial charge in [-0.2, -0.15) is 11.8 Å². The molecule has 0 aliphatic carbocycles. The van der Waals surface area contributed by atoms with Crippen molar-refractivity contribution in [3.8, 4) is 0 Å². The fourth-order valence-corrected chi connectivity index (χ4v) is 7.33. The van der Waals surface area contributed by atoms with Crippen LogP contribution in [0, 0.1) is 0 Å². The lowest BCUT2D eigenvalue weighted by Gasteiger charge is -2.49. The van der Waals surface area contributed by atoms with E-state index in [9.17, 15) is 24.3 Å². The molecule has 2 saturated heterocycles. The lowest BCUT2D eigenvalue weighted by Crippen LogP contribution is -2.71. The number of rotatable bonds is 12. The average Bonchev–Trinajstić information content (AvgIpc) is 3.39. The van der Waals surface area contributed by atoms with Gasteiger partial charge in [-0.25, -0.2) is 9.78 Å². The molecular formula is C24H22N6O6S4. The average molecular weight is 619 g/mol. The van der Waals surface area contributed by atoms with Gasteiger partial charge in [0, 0.05) is 40.8 Å². The van der Waals surface area contributed by atoms with Crippen LogP contribution in [0.15, 0.2) is 51.7 Å². The predicted molar refractivity (Wildman–Crippen MR) is 156 cm³/mol. The molecule has 12 nitrogen and oxygen atoms in total. The van der Waals surface area contributed by atoms with Crippen molar-refractivity contribution in [2.24, 2.45) is 5.16 Å². The highest BCUT2D eigenvalue weighted by Gasteiger charge is 2.54. The number of β-lactam (4-membered cyclic amide) rings is 1. The Balaban J connectivity index is 1.27. The molecule has 3 N–H and O–H groups in total. The number of carbonyl (C=O) groups excluding carboxylic acids is 3. The largest absolute Gasteiger partial charge is 0.477 e. The molecule has 1 unspecified atom stereocenters. The molecule has 0 saturated carbocycles. The van der Waals surface area contributed by atoms with Crippen molar-refractivity contribution in [1.29, 1.82) is 0 Å². The molecule has 208 valence electrons. The molecule has 0 spiro atoms. The molecule has 3 amide bonds. The molecule has 5 rings (SSSR count). The summed E-state index contributed by atoms with van der Waals surface area (Å²) in [6, 6.07) is 2.79. The van der Waals surface area contributed by atoms with Gasteiger partial charge < -0.3 is 20.6 Å². The Hall–Kier alpha value is -3.34. The van der Waals surface area contributed by atoms with E-state index in [1.165, 1.54) is 28.4 Å². The van der Waals surface area contributed by atoms with E-state index in [2.05, 4.69) is 25.8 Å². The third kappa shape index (κ3) is 6.19. The topological polar surface area (TPSA) is 163 Å². The number of amides is 3. The minimum atomic E-state index is -1.19. The number of carboxylic acids is 1. The van der Waals surface area contributed by atoms with Crippen molar-refractivity contribution >= 4 is 87.7 Å². The maximum absolute atomic E-state index is 13.2. The van der Waals surface area contributed by atoms with Crippen molar-refractivity contribution in [2.45, 2.75) is 17.5 Å². The summed E-state index contributed by atoms with van der Waals surface area (Å²) >= 11 is 5.60. The van der Waals surface area contributed by atoms with Gasteiger partial charge in [0.25, 0.3) is 11.8 Å². The fraction of sp³-hybridized carbons (Fsp3) is 0.292. The summed E-state index contributed by atoms with van der Waals surface area (Å²) in [7, 11) is 0. The number of pyridine rings is 1. The number of aliphatic carboxylic acids is 1. The Labute approximate surface area is 245 Å². The number of nitrogens with zero attached hydrogens (tertiary/aromatic N) is 4. The molecule has 0 radical (unpaired) electrons. The Morgan fingerprint density at radius 1 is 1.35 bits per heavy atom. The van der Waals surface area contributed by atoms with E-state index in [0.29, 0.717) is 23.5 Å². The first-order valence-corrected chi connectivity index (χ1v) is 16.0. The van der Waals surface area contributed by atoms with Gasteiger partial charge in [-0.15, -0.1) is 34.9 Å². The van der Waals surface area contributed by atoms with Crippen molar-refractivity contribution in [1.82, 2.24) is 20.2 Å². The number of anilines is 1. The Morgan fingerprint density at radius 3 is 2.90 bits per heavy atom. The smallest absolute Gasteiger partial charge is 0.352 e. The molecule has 2 fully saturated rings. The predicted octanol–water partition coefficient (Wildman–Crippen LogP) is 2.09. The van der Waals surface area contributed by atoms with E-state index in [4.69, 9.17) is 4.84 Å². The van der Waals surface area contributed by atoms with Gasteiger partial charge in [-0.3, -0.25) is 24.3 Å². The van der Waals surface area contributed by atoms with Crippen LogP contribution in [0.25, 0.3) is 6.08 Å². The van der Waals surface area contributed by atoms with E-state index in [1.807, 2.05) is 23.6 Å². The zero-order valence-electron chi connectivity index (χ0n) is 20.6. The van der Waals surface area contributed by atoms with E-state index >= 15 is 0 Å². The Bertz CT molecular complexity index is 1390. The third-order valence-electron chi connectivity index (χ3n) is 5.88. The highest BCUT2D eigenvalue weighted by atomic mass is 32.2. The van der Waals surface area contributed by atoms with Crippen LogP contribution in [0.5, 0.6) is 0 Å². The molecule has 40 heavy (non-hydrogen) atoms. The van der Waals surface area contributed by atoms with Crippen LogP contribution in [0.4, 0.5) is 5.13 Å². The molecule has 3 aliphatic rings. The molecule has 2 atom stereocenters.